The van der Waals surface area contributed by atoms with Crippen LogP contribution in [0.25, 0.3) is 33.3 Å². The molecular formula is C63H86N10O16. The number of benzene rings is 2. The molecule has 3 aromatic heterocycles. The minimum Gasteiger partial charge on any atom is -0.481 e. The molecule has 89 heavy (non-hydrogen) atoms. The predicted molar refractivity (Wildman–Crippen MR) is 330 cm³/mol. The molecule has 0 bridgehead atoms. The monoisotopic (exact) mass is 1240 g/mol. The summed E-state index contributed by atoms with van der Waals surface area (Å²) in [5.41, 5.74) is 5.70. The topological polar surface area (TPSA) is 321 Å². The Labute approximate surface area is 518 Å². The first-order chi connectivity index (χ1) is 43.5. The number of urea groups is 1. The van der Waals surface area contributed by atoms with E-state index in [1.54, 1.807) is 36.7 Å². The number of anilines is 1. The zero-order valence-corrected chi connectivity index (χ0v) is 50.9. The summed E-state index contributed by atoms with van der Waals surface area (Å²) < 4.78 is 44.7. The van der Waals surface area contributed by atoms with Crippen LogP contribution in [0.5, 0.6) is 0 Å². The van der Waals surface area contributed by atoms with Gasteiger partial charge in [0, 0.05) is 87.9 Å². The van der Waals surface area contributed by atoms with Gasteiger partial charge < -0.3 is 74.5 Å². The SMILES string of the molecule is COCCOCCOCCOCCOCCOCCOCCOCCC(=O)NCCCC[C@H](NC(=O)CNC(=O)CCC(=O)O)C(=O)NCCCCCCn1nc(-c2ccc(NC(=O)N3Cc4ccncc4C3)cc2)cc(-c2cccc3ncccc23)c1=O. The van der Waals surface area contributed by atoms with Crippen molar-refractivity contribution in [3.63, 3.8) is 0 Å². The van der Waals surface area contributed by atoms with E-state index in [9.17, 15) is 33.6 Å². The molecule has 4 heterocycles. The first kappa shape index (κ1) is 70.3. The van der Waals surface area contributed by atoms with Gasteiger partial charge in [-0.2, -0.15) is 5.10 Å². The Hall–Kier alpha value is -7.82. The Morgan fingerprint density at radius 1 is 0.596 bits per heavy atom. The van der Waals surface area contributed by atoms with E-state index in [0.29, 0.717) is 181 Å². The molecule has 0 fully saturated rings. The number of rotatable bonds is 46. The number of aliphatic carboxylic acids is 1. The average molecular weight is 1240 g/mol. The Morgan fingerprint density at radius 2 is 1.21 bits per heavy atom. The van der Waals surface area contributed by atoms with E-state index in [0.717, 1.165) is 33.2 Å². The number of hydrogen-bond acceptors (Lipinski definition) is 18. The molecule has 484 valence electrons. The summed E-state index contributed by atoms with van der Waals surface area (Å²) in [6.07, 6.45) is 8.52. The molecule has 26 heteroatoms. The number of aryl methyl sites for hydroxylation is 1. The summed E-state index contributed by atoms with van der Waals surface area (Å²) >= 11 is 0. The molecule has 0 saturated heterocycles. The Kier molecular flexibility index (Phi) is 32.7. The molecule has 0 saturated carbocycles. The molecule has 5 aromatic rings. The van der Waals surface area contributed by atoms with Crippen LogP contribution in [0.4, 0.5) is 10.5 Å². The van der Waals surface area contributed by atoms with Gasteiger partial charge in [-0.1, -0.05) is 43.2 Å². The Morgan fingerprint density at radius 3 is 1.88 bits per heavy atom. The van der Waals surface area contributed by atoms with E-state index >= 15 is 0 Å². The van der Waals surface area contributed by atoms with Crippen molar-refractivity contribution in [1.82, 2.24) is 45.9 Å². The fraction of sp³-hybridized carbons (Fsp3) is 0.524. The molecule has 26 nitrogen and oxygen atoms in total. The maximum Gasteiger partial charge on any atom is 0.322 e. The van der Waals surface area contributed by atoms with E-state index in [2.05, 4.69) is 36.6 Å². The molecule has 1 atom stereocenters. The molecule has 0 radical (unpaired) electrons. The van der Waals surface area contributed by atoms with Crippen molar-refractivity contribution in [1.29, 1.82) is 0 Å². The maximum absolute atomic E-state index is 14.3. The lowest BCUT2D eigenvalue weighted by molar-refractivity contribution is -0.139. The van der Waals surface area contributed by atoms with Crippen molar-refractivity contribution >= 4 is 52.2 Å². The number of nitrogens with one attached hydrogen (secondary N) is 5. The van der Waals surface area contributed by atoms with Gasteiger partial charge in [0.25, 0.3) is 5.56 Å². The van der Waals surface area contributed by atoms with E-state index in [1.165, 1.54) is 4.68 Å². The molecule has 0 spiro atoms. The Bertz CT molecular complexity index is 2990. The first-order valence-corrected chi connectivity index (χ1v) is 30.4. The summed E-state index contributed by atoms with van der Waals surface area (Å²) in [5.74, 6) is -2.99. The van der Waals surface area contributed by atoms with Gasteiger partial charge in [0.2, 0.25) is 23.6 Å². The van der Waals surface area contributed by atoms with Crippen molar-refractivity contribution in [2.24, 2.45) is 0 Å². The maximum atomic E-state index is 14.3. The quantitative estimate of drug-likeness (QED) is 0.0289. The van der Waals surface area contributed by atoms with Crippen molar-refractivity contribution in [3.8, 4) is 22.4 Å². The molecule has 1 aliphatic heterocycles. The second kappa shape index (κ2) is 41.4. The normalized spacial score (nSPS) is 12.2. The average Bonchev–Trinajstić information content (AvgIpc) is 1.67. The number of methoxy groups -OCH3 is 1. The van der Waals surface area contributed by atoms with Gasteiger partial charge in [-0.15, -0.1) is 0 Å². The van der Waals surface area contributed by atoms with Crippen LogP contribution < -0.4 is 32.1 Å². The standard InChI is InChI=1S/C63H86N10O16/c1-82-28-29-84-32-33-86-36-37-88-40-41-89-39-38-87-35-34-85-31-30-83-27-21-58(75)66-22-6-4-12-55(70-59(76)44-68-57(74)18-19-60(77)78)61(79)67-23-5-2-3-7-26-73-62(80)53(51-10-8-13-54-52(51)11-9-24-65-54)42-56(71-73)47-14-16-50(17-15-47)69-63(81)72-45-48-20-25-64-43-49(48)46-72/h8-11,13-17,20,24-25,42-43,55H,2-7,12,18-19,21-23,26-41,44-46H2,1H3,(H,66,75)(H,67,79)(H,68,74)(H,69,81)(H,70,76)(H,77,78)/t55-/m0/s1. The number of hydrogen-bond donors (Lipinski definition) is 6. The van der Waals surface area contributed by atoms with Crippen LogP contribution in [-0.2, 0) is 81.5 Å². The lowest BCUT2D eigenvalue weighted by Gasteiger charge is -2.19. The number of unbranched alkanes of at least 4 members (excludes halogenated alkanes) is 4. The summed E-state index contributed by atoms with van der Waals surface area (Å²) in [6, 6.07) is 19.3. The number of fused-ring (bicyclic) bond motifs is 2. The second-order valence-corrected chi connectivity index (χ2v) is 20.7. The van der Waals surface area contributed by atoms with E-state index < -0.39 is 42.7 Å². The number of carboxylic acids is 1. The minimum absolute atomic E-state index is 0.147. The summed E-state index contributed by atoms with van der Waals surface area (Å²) in [7, 11) is 1.63. The third-order valence-electron chi connectivity index (χ3n) is 14.0. The molecule has 2 aromatic carbocycles. The van der Waals surface area contributed by atoms with Crippen LogP contribution in [0, 0.1) is 0 Å². The third-order valence-corrected chi connectivity index (χ3v) is 14.0. The van der Waals surface area contributed by atoms with Crippen LogP contribution in [0.15, 0.2) is 90.1 Å². The van der Waals surface area contributed by atoms with E-state index in [4.69, 9.17) is 48.1 Å². The minimum atomic E-state index is -1.15. The Balaban J connectivity index is 0.872. The van der Waals surface area contributed by atoms with Gasteiger partial charge in [-0.05, 0) is 85.2 Å². The van der Waals surface area contributed by atoms with Crippen molar-refractivity contribution in [3.05, 3.63) is 107 Å². The van der Waals surface area contributed by atoms with Gasteiger partial charge >= 0.3 is 12.0 Å². The van der Waals surface area contributed by atoms with Crippen LogP contribution in [0.1, 0.15) is 75.3 Å². The number of carbonyl (C=O) groups is 6. The molecule has 6 rings (SSSR count). The van der Waals surface area contributed by atoms with Crippen molar-refractivity contribution < 1.29 is 71.8 Å². The molecule has 6 N–H and O–H groups in total. The molecule has 6 amide bonds. The molecule has 0 unspecified atom stereocenters. The molecule has 1 aliphatic rings. The molecule has 0 aliphatic carbocycles. The van der Waals surface area contributed by atoms with Crippen LogP contribution in [-0.4, -0.2) is 197 Å². The highest BCUT2D eigenvalue weighted by Gasteiger charge is 2.24. The number of nitrogens with zero attached hydrogens (tertiary/aromatic N) is 5. The second-order valence-electron chi connectivity index (χ2n) is 20.7. The number of carbonyl (C=O) groups excluding carboxylic acids is 5. The fourth-order valence-corrected chi connectivity index (χ4v) is 9.25. The number of aromatic nitrogens is 4. The third kappa shape index (κ3) is 26.8. The first-order valence-electron chi connectivity index (χ1n) is 30.4. The van der Waals surface area contributed by atoms with Crippen LogP contribution in [0.2, 0.25) is 0 Å². The lowest BCUT2D eigenvalue weighted by Crippen LogP contribution is -2.49. The zero-order valence-electron chi connectivity index (χ0n) is 50.9. The van der Waals surface area contributed by atoms with Gasteiger partial charge in [-0.3, -0.25) is 38.7 Å². The van der Waals surface area contributed by atoms with Gasteiger partial charge in [0.1, 0.15) is 6.04 Å². The number of ether oxygens (including phenoxy) is 8. The van der Waals surface area contributed by atoms with Gasteiger partial charge in [-0.25, -0.2) is 9.48 Å². The van der Waals surface area contributed by atoms with Crippen molar-refractivity contribution in [2.75, 3.05) is 131 Å². The van der Waals surface area contributed by atoms with Gasteiger partial charge in [0.05, 0.1) is 129 Å². The summed E-state index contributed by atoms with van der Waals surface area (Å²) in [5, 5.41) is 28.4. The highest BCUT2D eigenvalue weighted by Crippen LogP contribution is 2.29. The smallest absolute Gasteiger partial charge is 0.322 e. The van der Waals surface area contributed by atoms with E-state index in [1.807, 2.05) is 60.7 Å². The number of pyridine rings is 2. The highest BCUT2D eigenvalue weighted by molar-refractivity contribution is 5.95. The number of amides is 6. The lowest BCUT2D eigenvalue weighted by atomic mass is 10.00. The largest absolute Gasteiger partial charge is 0.481 e. The fourth-order valence-electron chi connectivity index (χ4n) is 9.25. The van der Waals surface area contributed by atoms with Crippen LogP contribution in [0.3, 0.4) is 0 Å². The predicted octanol–water partition coefficient (Wildman–Crippen LogP) is 4.65. The highest BCUT2D eigenvalue weighted by atomic mass is 16.6. The summed E-state index contributed by atoms with van der Waals surface area (Å²) in [6.45, 7) is 8.00. The van der Waals surface area contributed by atoms with Gasteiger partial charge in [0.15, 0.2) is 0 Å². The van der Waals surface area contributed by atoms with Crippen LogP contribution >= 0.6 is 0 Å². The van der Waals surface area contributed by atoms with E-state index in [-0.39, 0.29) is 43.4 Å². The zero-order chi connectivity index (χ0) is 63.1. The summed E-state index contributed by atoms with van der Waals surface area (Å²) in [4.78, 5) is 99.8. The number of carboxylic acid groups (broad SMARTS) is 1. The molecular weight excluding hydrogens is 1150 g/mol. The van der Waals surface area contributed by atoms with Crippen molar-refractivity contribution in [2.45, 2.75) is 89.9 Å².